The highest BCUT2D eigenvalue weighted by Gasteiger charge is 2.09. The maximum Gasteiger partial charge on any atom is 0.330 e. The van der Waals surface area contributed by atoms with Gasteiger partial charge in [-0.2, -0.15) is 0 Å². The van der Waals surface area contributed by atoms with Crippen LogP contribution in [0.5, 0.6) is 5.75 Å². The molecule has 6 heteroatoms. The van der Waals surface area contributed by atoms with Gasteiger partial charge in [0.15, 0.2) is 5.75 Å². The molecule has 0 saturated carbocycles. The number of carbonyl (C=O) groups excluding carboxylic acids is 1. The summed E-state index contributed by atoms with van der Waals surface area (Å²) in [4.78, 5) is 15.1. The lowest BCUT2D eigenvalue weighted by Gasteiger charge is -2.11. The van der Waals surface area contributed by atoms with E-state index >= 15 is 0 Å². The van der Waals surface area contributed by atoms with Gasteiger partial charge in [-0.05, 0) is 45.8 Å². The molecule has 0 aliphatic rings. The van der Waals surface area contributed by atoms with Gasteiger partial charge in [-0.3, -0.25) is 4.98 Å². The molecule has 0 fully saturated rings. The zero-order valence-electron chi connectivity index (χ0n) is 11.8. The molecule has 0 spiro atoms. The van der Waals surface area contributed by atoms with Crippen LogP contribution in [0.4, 0.5) is 0 Å². The monoisotopic (exact) mass is 381 g/mol. The number of rotatable bonds is 5. The van der Waals surface area contributed by atoms with E-state index in [4.69, 9.17) is 16.3 Å². The van der Waals surface area contributed by atoms with Gasteiger partial charge in [0.05, 0.1) is 16.6 Å². The maximum absolute atomic E-state index is 11.1. The fourth-order valence-corrected chi connectivity index (χ4v) is 2.67. The van der Waals surface area contributed by atoms with Crippen molar-refractivity contribution in [2.45, 2.75) is 6.61 Å². The van der Waals surface area contributed by atoms with Crippen LogP contribution in [0.3, 0.4) is 0 Å². The molecule has 4 nitrogen and oxygen atoms in total. The molecule has 114 valence electrons. The van der Waals surface area contributed by atoms with Crippen molar-refractivity contribution < 1.29 is 14.3 Å². The zero-order valence-corrected chi connectivity index (χ0v) is 14.1. The van der Waals surface area contributed by atoms with Crippen LogP contribution in [-0.4, -0.2) is 18.1 Å². The third kappa shape index (κ3) is 4.58. The number of methoxy groups -OCH3 is 1. The Balaban J connectivity index is 2.13. The summed E-state index contributed by atoms with van der Waals surface area (Å²) < 4.78 is 11.0. The largest absolute Gasteiger partial charge is 0.486 e. The minimum atomic E-state index is -0.427. The van der Waals surface area contributed by atoms with E-state index in [-0.39, 0.29) is 0 Å². The number of hydrogen-bond acceptors (Lipinski definition) is 4. The van der Waals surface area contributed by atoms with Gasteiger partial charge in [0.25, 0.3) is 0 Å². The Morgan fingerprint density at radius 1 is 1.45 bits per heavy atom. The minimum absolute atomic E-state index is 0.365. The van der Waals surface area contributed by atoms with Gasteiger partial charge in [-0.1, -0.05) is 17.7 Å². The molecule has 0 saturated heterocycles. The molecule has 0 aliphatic carbocycles. The van der Waals surface area contributed by atoms with Crippen LogP contribution in [0.1, 0.15) is 11.1 Å². The number of nitrogens with zero attached hydrogens (tertiary/aromatic N) is 1. The molecule has 0 amide bonds. The third-order valence-corrected chi connectivity index (χ3v) is 3.61. The van der Waals surface area contributed by atoms with Gasteiger partial charge in [0.2, 0.25) is 0 Å². The highest BCUT2D eigenvalue weighted by molar-refractivity contribution is 9.10. The quantitative estimate of drug-likeness (QED) is 0.572. The number of carbonyl (C=O) groups is 1. The van der Waals surface area contributed by atoms with Crippen molar-refractivity contribution in [1.82, 2.24) is 4.98 Å². The minimum Gasteiger partial charge on any atom is -0.486 e. The Kier molecular flexibility index (Phi) is 5.98. The summed E-state index contributed by atoms with van der Waals surface area (Å²) in [5, 5.41) is 0.447. The fraction of sp³-hybridized carbons (Fsp3) is 0.125. The maximum atomic E-state index is 11.1. The van der Waals surface area contributed by atoms with Crippen molar-refractivity contribution in [3.8, 4) is 5.75 Å². The number of ether oxygens (including phenoxy) is 2. The lowest BCUT2D eigenvalue weighted by molar-refractivity contribution is -0.134. The van der Waals surface area contributed by atoms with Crippen molar-refractivity contribution in [3.63, 3.8) is 0 Å². The second-order valence-electron chi connectivity index (χ2n) is 4.32. The number of benzene rings is 1. The molecular formula is C16H13BrClNO3. The van der Waals surface area contributed by atoms with Gasteiger partial charge in [-0.25, -0.2) is 4.79 Å². The van der Waals surface area contributed by atoms with E-state index in [1.807, 2.05) is 18.2 Å². The second-order valence-corrected chi connectivity index (χ2v) is 5.58. The van der Waals surface area contributed by atoms with Crippen LogP contribution < -0.4 is 4.74 Å². The molecule has 0 unspecified atom stereocenters. The molecule has 0 atom stereocenters. The van der Waals surface area contributed by atoms with Crippen molar-refractivity contribution >= 4 is 39.6 Å². The summed E-state index contributed by atoms with van der Waals surface area (Å²) in [6, 6.07) is 7.28. The van der Waals surface area contributed by atoms with Gasteiger partial charge in [-0.15, -0.1) is 0 Å². The summed E-state index contributed by atoms with van der Waals surface area (Å²) in [5.74, 6) is 0.116. The molecule has 22 heavy (non-hydrogen) atoms. The molecular weight excluding hydrogens is 370 g/mol. The normalized spacial score (nSPS) is 10.7. The Morgan fingerprint density at radius 2 is 2.27 bits per heavy atom. The fourth-order valence-electron chi connectivity index (χ4n) is 1.68. The summed E-state index contributed by atoms with van der Waals surface area (Å²) in [6.07, 6.45) is 6.38. The zero-order chi connectivity index (χ0) is 15.9. The molecule has 0 radical (unpaired) electrons. The van der Waals surface area contributed by atoms with E-state index < -0.39 is 5.97 Å². The van der Waals surface area contributed by atoms with Crippen molar-refractivity contribution in [1.29, 1.82) is 0 Å². The molecule has 0 N–H and O–H groups in total. The van der Waals surface area contributed by atoms with E-state index in [2.05, 4.69) is 25.7 Å². The standard InChI is InChI=1S/C16H13BrClNO3/c1-21-15(20)5-4-11-7-13(17)16(14(18)8-11)22-10-12-3-2-6-19-9-12/h2-9H,10H2,1H3/b5-4+. The topological polar surface area (TPSA) is 48.4 Å². The number of hydrogen-bond donors (Lipinski definition) is 0. The summed E-state index contributed by atoms with van der Waals surface area (Å²) in [5.41, 5.74) is 1.70. The smallest absolute Gasteiger partial charge is 0.330 e. The van der Waals surface area contributed by atoms with E-state index in [0.29, 0.717) is 21.9 Å². The number of pyridine rings is 1. The highest BCUT2D eigenvalue weighted by atomic mass is 79.9. The van der Waals surface area contributed by atoms with Crippen molar-refractivity contribution in [2.24, 2.45) is 0 Å². The average molecular weight is 383 g/mol. The van der Waals surface area contributed by atoms with E-state index in [1.165, 1.54) is 13.2 Å². The lowest BCUT2D eigenvalue weighted by atomic mass is 10.2. The van der Waals surface area contributed by atoms with Crippen LogP contribution in [0.25, 0.3) is 6.08 Å². The van der Waals surface area contributed by atoms with E-state index in [0.717, 1.165) is 11.1 Å². The SMILES string of the molecule is COC(=O)/C=C/c1cc(Cl)c(OCc2cccnc2)c(Br)c1. The first-order chi connectivity index (χ1) is 10.6. The Bertz CT molecular complexity index is 666. The molecule has 2 aromatic rings. The molecule has 0 aliphatic heterocycles. The van der Waals surface area contributed by atoms with Gasteiger partial charge in [0, 0.05) is 24.0 Å². The van der Waals surface area contributed by atoms with Crippen LogP contribution >= 0.6 is 27.5 Å². The molecule has 1 aromatic carbocycles. The third-order valence-electron chi connectivity index (χ3n) is 2.74. The van der Waals surface area contributed by atoms with Gasteiger partial charge in [0.1, 0.15) is 6.61 Å². The Labute approximate surface area is 141 Å². The van der Waals surface area contributed by atoms with Gasteiger partial charge >= 0.3 is 5.97 Å². The average Bonchev–Trinajstić information content (AvgIpc) is 2.52. The molecule has 1 heterocycles. The first-order valence-electron chi connectivity index (χ1n) is 6.37. The Hall–Kier alpha value is -1.85. The van der Waals surface area contributed by atoms with Crippen LogP contribution in [0, 0.1) is 0 Å². The van der Waals surface area contributed by atoms with Crippen LogP contribution in [0.2, 0.25) is 5.02 Å². The lowest BCUT2D eigenvalue weighted by Crippen LogP contribution is -1.97. The van der Waals surface area contributed by atoms with E-state index in [1.54, 1.807) is 24.5 Å². The highest BCUT2D eigenvalue weighted by Crippen LogP contribution is 2.35. The first-order valence-corrected chi connectivity index (χ1v) is 7.54. The van der Waals surface area contributed by atoms with E-state index in [9.17, 15) is 4.79 Å². The molecule has 2 rings (SSSR count). The predicted molar refractivity (Wildman–Crippen MR) is 88.8 cm³/mol. The molecule has 1 aromatic heterocycles. The van der Waals surface area contributed by atoms with Crippen LogP contribution in [-0.2, 0) is 16.1 Å². The summed E-state index contributed by atoms with van der Waals surface area (Å²) in [7, 11) is 1.32. The van der Waals surface area contributed by atoms with Gasteiger partial charge < -0.3 is 9.47 Å². The molecule has 0 bridgehead atoms. The number of aromatic nitrogens is 1. The van der Waals surface area contributed by atoms with Crippen molar-refractivity contribution in [3.05, 3.63) is 63.4 Å². The summed E-state index contributed by atoms with van der Waals surface area (Å²) in [6.45, 7) is 0.365. The Morgan fingerprint density at radius 3 is 2.91 bits per heavy atom. The second kappa shape index (κ2) is 7.96. The van der Waals surface area contributed by atoms with Crippen molar-refractivity contribution in [2.75, 3.05) is 7.11 Å². The number of halogens is 2. The first kappa shape index (κ1) is 16.5. The number of esters is 1. The van der Waals surface area contributed by atoms with Crippen LogP contribution in [0.15, 0.2) is 47.2 Å². The summed E-state index contributed by atoms with van der Waals surface area (Å²) >= 11 is 9.65. The predicted octanol–water partition coefficient (Wildman–Crippen LogP) is 4.26.